The molecule has 0 saturated carbocycles. The first kappa shape index (κ1) is 15.8. The van der Waals surface area contributed by atoms with E-state index in [4.69, 9.17) is 5.73 Å². The molecule has 2 aromatic rings. The van der Waals surface area contributed by atoms with Gasteiger partial charge in [-0.15, -0.1) is 11.3 Å². The van der Waals surface area contributed by atoms with Crippen molar-refractivity contribution in [3.63, 3.8) is 0 Å². The van der Waals surface area contributed by atoms with Crippen LogP contribution in [0.4, 0.5) is 8.78 Å². The molecular weight excluding hydrogens is 296 g/mol. The van der Waals surface area contributed by atoms with E-state index in [9.17, 15) is 13.6 Å². The van der Waals surface area contributed by atoms with Gasteiger partial charge in [-0.2, -0.15) is 0 Å². The number of nitrogens with zero attached hydrogens (tertiary/aromatic N) is 1. The number of alkyl halides is 2. The van der Waals surface area contributed by atoms with Crippen LogP contribution < -0.4 is 11.1 Å². The third-order valence-electron chi connectivity index (χ3n) is 2.98. The number of aryl methyl sites for hydroxylation is 1. The molecule has 1 amide bonds. The zero-order valence-corrected chi connectivity index (χ0v) is 12.3. The van der Waals surface area contributed by atoms with Crippen molar-refractivity contribution in [2.45, 2.75) is 25.2 Å². The fraction of sp³-hybridized carbons (Fsp3) is 0.429. The highest BCUT2D eigenvalue weighted by Gasteiger charge is 2.26. The van der Waals surface area contributed by atoms with E-state index in [0.717, 1.165) is 15.2 Å². The Hall–Kier alpha value is -1.60. The zero-order valence-electron chi connectivity index (χ0n) is 11.4. The minimum absolute atomic E-state index is 0.205. The van der Waals surface area contributed by atoms with Gasteiger partial charge >= 0.3 is 0 Å². The van der Waals surface area contributed by atoms with Crippen molar-refractivity contribution in [3.05, 3.63) is 29.3 Å². The van der Waals surface area contributed by atoms with Gasteiger partial charge in [0, 0.05) is 6.42 Å². The largest absolute Gasteiger partial charge is 0.350 e. The van der Waals surface area contributed by atoms with Crippen molar-refractivity contribution in [2.24, 2.45) is 5.73 Å². The molecule has 0 aliphatic rings. The molecule has 1 aromatic heterocycles. The Morgan fingerprint density at radius 1 is 1.38 bits per heavy atom. The molecule has 0 saturated heterocycles. The third-order valence-corrected chi connectivity index (χ3v) is 4.07. The van der Waals surface area contributed by atoms with E-state index in [1.807, 2.05) is 24.3 Å². The number of rotatable bonds is 7. The van der Waals surface area contributed by atoms with Crippen LogP contribution >= 0.6 is 11.3 Å². The summed E-state index contributed by atoms with van der Waals surface area (Å²) in [6.07, 6.45) is 1.45. The Bertz CT molecular complexity index is 582. The smallest absolute Gasteiger partial charge is 0.277 e. The first-order valence-electron chi connectivity index (χ1n) is 6.69. The highest BCUT2D eigenvalue weighted by molar-refractivity contribution is 7.18. The van der Waals surface area contributed by atoms with Crippen LogP contribution in [0.15, 0.2) is 24.3 Å². The number of nitrogens with one attached hydrogen (secondary N) is 1. The molecule has 0 fully saturated rings. The maximum Gasteiger partial charge on any atom is 0.277 e. The normalized spacial score (nSPS) is 11.8. The lowest BCUT2D eigenvalue weighted by atomic mass is 10.2. The molecule has 0 spiro atoms. The number of carbonyl (C=O) groups excluding carboxylic acids is 1. The molecule has 0 atom stereocenters. The van der Waals surface area contributed by atoms with Gasteiger partial charge in [-0.25, -0.2) is 13.8 Å². The Balaban J connectivity index is 1.75. The van der Waals surface area contributed by atoms with Gasteiger partial charge in [0.2, 0.25) is 5.91 Å². The van der Waals surface area contributed by atoms with Crippen molar-refractivity contribution in [3.8, 4) is 0 Å². The molecule has 114 valence electrons. The van der Waals surface area contributed by atoms with Crippen LogP contribution in [-0.2, 0) is 11.2 Å². The second-order valence-corrected chi connectivity index (χ2v) is 5.88. The van der Waals surface area contributed by atoms with E-state index < -0.39 is 19.0 Å². The minimum atomic E-state index is -3.04. The van der Waals surface area contributed by atoms with Crippen LogP contribution in [0.5, 0.6) is 0 Å². The minimum Gasteiger partial charge on any atom is -0.350 e. The van der Waals surface area contributed by atoms with Crippen molar-refractivity contribution in [1.82, 2.24) is 10.3 Å². The van der Waals surface area contributed by atoms with Crippen molar-refractivity contribution in [2.75, 3.05) is 13.1 Å². The highest BCUT2D eigenvalue weighted by Crippen LogP contribution is 2.22. The van der Waals surface area contributed by atoms with Crippen molar-refractivity contribution >= 4 is 27.5 Å². The van der Waals surface area contributed by atoms with Gasteiger partial charge in [-0.3, -0.25) is 4.79 Å². The number of hydrogen-bond donors (Lipinski definition) is 2. The van der Waals surface area contributed by atoms with Crippen LogP contribution in [0.1, 0.15) is 17.8 Å². The SMILES string of the molecule is NCC(F)(F)CNC(=O)CCCc1nc2ccccc2s1. The van der Waals surface area contributed by atoms with E-state index in [1.165, 1.54) is 0 Å². The maximum absolute atomic E-state index is 12.9. The van der Waals surface area contributed by atoms with Crippen molar-refractivity contribution in [1.29, 1.82) is 0 Å². The summed E-state index contributed by atoms with van der Waals surface area (Å²) >= 11 is 1.59. The van der Waals surface area contributed by atoms with Crippen molar-refractivity contribution < 1.29 is 13.6 Å². The first-order valence-corrected chi connectivity index (χ1v) is 7.51. The molecule has 0 aliphatic carbocycles. The summed E-state index contributed by atoms with van der Waals surface area (Å²) in [4.78, 5) is 15.9. The predicted molar refractivity (Wildman–Crippen MR) is 79.6 cm³/mol. The standard InChI is InChI=1S/C14H17F2N3OS/c15-14(16,8-17)9-18-12(20)6-3-7-13-19-10-4-1-2-5-11(10)21-13/h1-2,4-5H,3,6-9,17H2,(H,18,20). The van der Waals surface area contributed by atoms with E-state index in [-0.39, 0.29) is 12.3 Å². The fourth-order valence-corrected chi connectivity index (χ4v) is 2.82. The summed E-state index contributed by atoms with van der Waals surface area (Å²) in [5, 5.41) is 3.16. The van der Waals surface area contributed by atoms with Gasteiger partial charge in [0.25, 0.3) is 5.92 Å². The predicted octanol–water partition coefficient (Wildman–Crippen LogP) is 2.33. The molecule has 0 radical (unpaired) electrons. The number of amides is 1. The zero-order chi connectivity index (χ0) is 15.3. The van der Waals surface area contributed by atoms with E-state index in [1.54, 1.807) is 11.3 Å². The van der Waals surface area contributed by atoms with Gasteiger partial charge in [0.05, 0.1) is 28.3 Å². The average Bonchev–Trinajstić information content (AvgIpc) is 2.88. The van der Waals surface area contributed by atoms with Crippen LogP contribution in [0, 0.1) is 0 Å². The second kappa shape index (κ2) is 6.91. The molecule has 3 N–H and O–H groups in total. The Kier molecular flexibility index (Phi) is 5.19. The topological polar surface area (TPSA) is 68.0 Å². The van der Waals surface area contributed by atoms with E-state index in [2.05, 4.69) is 10.3 Å². The molecule has 7 heteroatoms. The Morgan fingerprint density at radius 3 is 2.86 bits per heavy atom. The quantitative estimate of drug-likeness (QED) is 0.824. The summed E-state index contributed by atoms with van der Waals surface area (Å²) < 4.78 is 26.9. The van der Waals surface area contributed by atoms with Gasteiger partial charge in [0.15, 0.2) is 0 Å². The van der Waals surface area contributed by atoms with E-state index in [0.29, 0.717) is 12.8 Å². The van der Waals surface area contributed by atoms with Gasteiger partial charge < -0.3 is 11.1 Å². The summed E-state index contributed by atoms with van der Waals surface area (Å²) in [5.74, 6) is -3.42. The fourth-order valence-electron chi connectivity index (χ4n) is 1.82. The Labute approximate surface area is 125 Å². The number of thiazole rings is 1. The van der Waals surface area contributed by atoms with E-state index >= 15 is 0 Å². The first-order chi connectivity index (χ1) is 10.00. The number of para-hydroxylation sites is 1. The van der Waals surface area contributed by atoms with Crippen LogP contribution in [0.3, 0.4) is 0 Å². The molecule has 1 heterocycles. The molecule has 4 nitrogen and oxygen atoms in total. The summed E-state index contributed by atoms with van der Waals surface area (Å²) in [6, 6.07) is 7.82. The number of benzene rings is 1. The molecule has 0 bridgehead atoms. The number of hydrogen-bond acceptors (Lipinski definition) is 4. The summed E-state index contributed by atoms with van der Waals surface area (Å²) in [6.45, 7) is -1.47. The maximum atomic E-state index is 12.9. The monoisotopic (exact) mass is 313 g/mol. The van der Waals surface area contributed by atoms with Crippen LogP contribution in [0.2, 0.25) is 0 Å². The number of nitrogens with two attached hydrogens (primary N) is 1. The van der Waals surface area contributed by atoms with Gasteiger partial charge in [0.1, 0.15) is 0 Å². The van der Waals surface area contributed by atoms with Crippen LogP contribution in [0.25, 0.3) is 10.2 Å². The van der Waals surface area contributed by atoms with Gasteiger partial charge in [-0.1, -0.05) is 12.1 Å². The molecular formula is C14H17F2N3OS. The third kappa shape index (κ3) is 4.71. The second-order valence-electron chi connectivity index (χ2n) is 4.77. The number of carbonyl (C=O) groups is 1. The lowest BCUT2D eigenvalue weighted by molar-refractivity contribution is -0.122. The summed E-state index contributed by atoms with van der Waals surface area (Å²) in [7, 11) is 0. The molecule has 0 unspecified atom stereocenters. The summed E-state index contributed by atoms with van der Waals surface area (Å²) in [5.41, 5.74) is 5.85. The average molecular weight is 313 g/mol. The Morgan fingerprint density at radius 2 is 2.14 bits per heavy atom. The van der Waals surface area contributed by atoms with Gasteiger partial charge in [-0.05, 0) is 25.0 Å². The number of fused-ring (bicyclic) bond motifs is 1. The molecule has 1 aromatic carbocycles. The molecule has 2 rings (SSSR count). The molecule has 21 heavy (non-hydrogen) atoms. The van der Waals surface area contributed by atoms with Crippen LogP contribution in [-0.4, -0.2) is 29.9 Å². The highest BCUT2D eigenvalue weighted by atomic mass is 32.1. The number of halogens is 2. The molecule has 0 aliphatic heterocycles. The lowest BCUT2D eigenvalue weighted by Gasteiger charge is -2.14. The number of aromatic nitrogens is 1. The lowest BCUT2D eigenvalue weighted by Crippen LogP contribution is -2.41.